The van der Waals surface area contributed by atoms with E-state index < -0.39 is 0 Å². The fraction of sp³-hybridized carbons (Fsp3) is 0.562. The maximum atomic E-state index is 11.2. The summed E-state index contributed by atoms with van der Waals surface area (Å²) in [5.74, 6) is 0.112. The molecule has 0 radical (unpaired) electrons. The molecule has 3 atom stereocenters. The van der Waals surface area contributed by atoms with Gasteiger partial charge in [-0.3, -0.25) is 9.69 Å². The number of carbonyl (C=O) groups is 1. The smallest absolute Gasteiger partial charge is 0.217 e. The van der Waals surface area contributed by atoms with E-state index in [1.54, 1.807) is 6.92 Å². The molecule has 2 bridgehead atoms. The molecule has 2 fully saturated rings. The third kappa shape index (κ3) is 2.81. The average molecular weight is 258 g/mol. The Bertz CT molecular complexity index is 431. The number of nitrogens with zero attached hydrogens (tertiary/aromatic N) is 1. The molecule has 102 valence electrons. The zero-order chi connectivity index (χ0) is 13.2. The van der Waals surface area contributed by atoms with Crippen molar-refractivity contribution < 1.29 is 4.79 Å². The summed E-state index contributed by atoms with van der Waals surface area (Å²) >= 11 is 0. The van der Waals surface area contributed by atoms with Gasteiger partial charge in [0.15, 0.2) is 0 Å². The number of nitrogens with one attached hydrogen (secondary N) is 1. The van der Waals surface area contributed by atoms with Gasteiger partial charge < -0.3 is 5.32 Å². The first-order valence-electron chi connectivity index (χ1n) is 7.29. The average Bonchev–Trinajstić information content (AvgIpc) is 2.62. The highest BCUT2D eigenvalue weighted by atomic mass is 16.1. The van der Waals surface area contributed by atoms with Gasteiger partial charge in [0.05, 0.1) is 0 Å². The third-order valence-corrected chi connectivity index (χ3v) is 4.50. The Morgan fingerprint density at radius 2 is 1.84 bits per heavy atom. The van der Waals surface area contributed by atoms with Gasteiger partial charge in [-0.2, -0.15) is 0 Å². The fourth-order valence-electron chi connectivity index (χ4n) is 3.73. The lowest BCUT2D eigenvalue weighted by molar-refractivity contribution is -0.120. The zero-order valence-corrected chi connectivity index (χ0v) is 11.5. The van der Waals surface area contributed by atoms with Gasteiger partial charge in [0.25, 0.3) is 0 Å². The van der Waals surface area contributed by atoms with E-state index in [0.717, 1.165) is 19.4 Å². The van der Waals surface area contributed by atoms with Crippen LogP contribution in [0.1, 0.15) is 38.2 Å². The maximum absolute atomic E-state index is 11.2. The zero-order valence-electron chi connectivity index (χ0n) is 11.5. The van der Waals surface area contributed by atoms with Crippen LogP contribution < -0.4 is 5.32 Å². The highest BCUT2D eigenvalue weighted by Crippen LogP contribution is 2.36. The van der Waals surface area contributed by atoms with Gasteiger partial charge in [0.1, 0.15) is 0 Å². The number of amides is 1. The normalized spacial score (nSPS) is 30.3. The minimum absolute atomic E-state index is 0.112. The third-order valence-electron chi connectivity index (χ3n) is 4.50. The second-order valence-electron chi connectivity index (χ2n) is 5.91. The molecule has 0 unspecified atom stereocenters. The molecule has 1 amide bonds. The monoisotopic (exact) mass is 258 g/mol. The summed E-state index contributed by atoms with van der Waals surface area (Å²) in [6.45, 7) is 2.68. The lowest BCUT2D eigenvalue weighted by Crippen LogP contribution is -2.49. The summed E-state index contributed by atoms with van der Waals surface area (Å²) in [6, 6.07) is 12.4. The Balaban J connectivity index is 1.65. The van der Waals surface area contributed by atoms with Crippen molar-refractivity contribution in [1.82, 2.24) is 10.2 Å². The molecule has 0 aliphatic carbocycles. The summed E-state index contributed by atoms with van der Waals surface area (Å²) in [5, 5.41) is 3.10. The van der Waals surface area contributed by atoms with Crippen LogP contribution in [-0.4, -0.2) is 28.9 Å². The van der Waals surface area contributed by atoms with E-state index >= 15 is 0 Å². The van der Waals surface area contributed by atoms with Gasteiger partial charge in [-0.05, 0) is 31.2 Å². The quantitative estimate of drug-likeness (QED) is 0.902. The van der Waals surface area contributed by atoms with Crippen molar-refractivity contribution in [3.05, 3.63) is 35.9 Å². The molecule has 2 saturated heterocycles. The van der Waals surface area contributed by atoms with Crippen molar-refractivity contribution in [2.75, 3.05) is 0 Å². The van der Waals surface area contributed by atoms with Crippen LogP contribution in [0.3, 0.4) is 0 Å². The van der Waals surface area contributed by atoms with Crippen LogP contribution in [-0.2, 0) is 11.3 Å². The van der Waals surface area contributed by atoms with E-state index in [2.05, 4.69) is 40.5 Å². The molecule has 3 heteroatoms. The molecular formula is C16H22N2O. The summed E-state index contributed by atoms with van der Waals surface area (Å²) in [6.07, 6.45) is 4.80. The van der Waals surface area contributed by atoms with Crippen LogP contribution in [0.4, 0.5) is 0 Å². The molecule has 0 spiro atoms. The SMILES string of the molecule is CC(=O)N[C@H]1C[C@H]2CC[C@@H](C1)N2Cc1ccccc1. The van der Waals surface area contributed by atoms with E-state index in [-0.39, 0.29) is 5.91 Å². The lowest BCUT2D eigenvalue weighted by atomic mass is 9.96. The van der Waals surface area contributed by atoms with Gasteiger partial charge in [-0.25, -0.2) is 0 Å². The van der Waals surface area contributed by atoms with Crippen molar-refractivity contribution in [3.63, 3.8) is 0 Å². The van der Waals surface area contributed by atoms with E-state index in [1.807, 2.05) is 0 Å². The van der Waals surface area contributed by atoms with E-state index in [4.69, 9.17) is 0 Å². The molecule has 1 N–H and O–H groups in total. The molecule has 0 saturated carbocycles. The first-order valence-corrected chi connectivity index (χ1v) is 7.29. The first kappa shape index (κ1) is 12.7. The van der Waals surface area contributed by atoms with Gasteiger partial charge >= 0.3 is 0 Å². The van der Waals surface area contributed by atoms with Crippen molar-refractivity contribution in [1.29, 1.82) is 0 Å². The molecule has 0 aromatic heterocycles. The Morgan fingerprint density at radius 3 is 2.42 bits per heavy atom. The van der Waals surface area contributed by atoms with Crippen LogP contribution >= 0.6 is 0 Å². The van der Waals surface area contributed by atoms with Crippen molar-refractivity contribution >= 4 is 5.91 Å². The largest absolute Gasteiger partial charge is 0.353 e. The maximum Gasteiger partial charge on any atom is 0.217 e. The minimum atomic E-state index is 0.112. The van der Waals surface area contributed by atoms with E-state index in [9.17, 15) is 4.79 Å². The molecule has 2 heterocycles. The topological polar surface area (TPSA) is 32.3 Å². The predicted octanol–water partition coefficient (Wildman–Crippen LogP) is 2.32. The van der Waals surface area contributed by atoms with Gasteiger partial charge in [-0.1, -0.05) is 30.3 Å². The summed E-state index contributed by atoms with van der Waals surface area (Å²) in [4.78, 5) is 13.8. The fourth-order valence-corrected chi connectivity index (χ4v) is 3.73. The predicted molar refractivity (Wildman–Crippen MR) is 75.6 cm³/mol. The van der Waals surface area contributed by atoms with Crippen LogP contribution in [0.2, 0.25) is 0 Å². The van der Waals surface area contributed by atoms with Gasteiger partial charge in [0, 0.05) is 31.6 Å². The van der Waals surface area contributed by atoms with E-state index in [0.29, 0.717) is 18.1 Å². The summed E-state index contributed by atoms with van der Waals surface area (Å²) in [7, 11) is 0. The second kappa shape index (κ2) is 5.33. The van der Waals surface area contributed by atoms with Crippen LogP contribution in [0.15, 0.2) is 30.3 Å². The van der Waals surface area contributed by atoms with Crippen LogP contribution in [0.5, 0.6) is 0 Å². The molecule has 1 aromatic carbocycles. The number of hydrogen-bond donors (Lipinski definition) is 1. The molecule has 3 nitrogen and oxygen atoms in total. The molecule has 19 heavy (non-hydrogen) atoms. The van der Waals surface area contributed by atoms with Crippen LogP contribution in [0.25, 0.3) is 0 Å². The van der Waals surface area contributed by atoms with Gasteiger partial charge in [0.2, 0.25) is 5.91 Å². The number of carbonyl (C=O) groups excluding carboxylic acids is 1. The number of hydrogen-bond acceptors (Lipinski definition) is 2. The van der Waals surface area contributed by atoms with Gasteiger partial charge in [-0.15, -0.1) is 0 Å². The molecule has 2 aliphatic heterocycles. The Morgan fingerprint density at radius 1 is 1.21 bits per heavy atom. The second-order valence-corrected chi connectivity index (χ2v) is 5.91. The standard InChI is InChI=1S/C16H22N2O/c1-12(19)17-14-9-15-7-8-16(10-14)18(15)11-13-5-3-2-4-6-13/h2-6,14-16H,7-11H2,1H3,(H,17,19)/t14-,15+,16-. The van der Waals surface area contributed by atoms with Crippen molar-refractivity contribution in [3.8, 4) is 0 Å². The molecule has 1 aromatic rings. The number of rotatable bonds is 3. The highest BCUT2D eigenvalue weighted by Gasteiger charge is 2.40. The molecular weight excluding hydrogens is 236 g/mol. The Hall–Kier alpha value is -1.35. The summed E-state index contributed by atoms with van der Waals surface area (Å²) < 4.78 is 0. The number of piperidine rings is 1. The number of benzene rings is 1. The lowest BCUT2D eigenvalue weighted by Gasteiger charge is -2.39. The Labute approximate surface area is 115 Å². The molecule has 2 aliphatic rings. The van der Waals surface area contributed by atoms with Crippen molar-refractivity contribution in [2.45, 2.75) is 57.3 Å². The first-order chi connectivity index (χ1) is 9.22. The van der Waals surface area contributed by atoms with E-state index in [1.165, 1.54) is 18.4 Å². The summed E-state index contributed by atoms with van der Waals surface area (Å²) in [5.41, 5.74) is 1.40. The van der Waals surface area contributed by atoms with Crippen molar-refractivity contribution in [2.24, 2.45) is 0 Å². The Kier molecular flexibility index (Phi) is 3.56. The van der Waals surface area contributed by atoms with Crippen LogP contribution in [0, 0.1) is 0 Å². The highest BCUT2D eigenvalue weighted by molar-refractivity contribution is 5.73. The molecule has 3 rings (SSSR count). The number of fused-ring (bicyclic) bond motifs is 2. The minimum Gasteiger partial charge on any atom is -0.353 e.